The lowest BCUT2D eigenvalue weighted by Crippen LogP contribution is -2.46. The second kappa shape index (κ2) is 9.16. The zero-order valence-electron chi connectivity index (χ0n) is 18.1. The van der Waals surface area contributed by atoms with Gasteiger partial charge in [-0.2, -0.15) is 0 Å². The fraction of sp³-hybridized carbons (Fsp3) is 0.375. The highest BCUT2D eigenvalue weighted by atomic mass is 32.1. The number of thiazole rings is 1. The van der Waals surface area contributed by atoms with Crippen LogP contribution in [-0.2, 0) is 9.59 Å². The van der Waals surface area contributed by atoms with E-state index in [-0.39, 0.29) is 30.4 Å². The number of nitrogens with one attached hydrogen (secondary N) is 2. The zero-order chi connectivity index (χ0) is 22.0. The molecule has 1 aromatic heterocycles. The van der Waals surface area contributed by atoms with Crippen LogP contribution in [0.1, 0.15) is 41.9 Å². The molecule has 2 atom stereocenters. The summed E-state index contributed by atoms with van der Waals surface area (Å²) in [5.74, 6) is -0.355. The predicted octanol–water partition coefficient (Wildman–Crippen LogP) is 4.19. The molecule has 2 unspecified atom stereocenters. The minimum absolute atomic E-state index is 0.0450. The molecule has 2 amide bonds. The molecule has 0 saturated carbocycles. The van der Waals surface area contributed by atoms with Crippen molar-refractivity contribution in [3.8, 4) is 0 Å². The van der Waals surface area contributed by atoms with Gasteiger partial charge in [-0.15, -0.1) is 11.3 Å². The standard InChI is InChI=1S/C24H28N4O2S/c1-15-8-6-9-16(2)22(15)27-21(29)14-25-23(30)17(3)28-13-7-11-19(28)24-26-18-10-4-5-12-20(18)31-24/h4-6,8-10,12,17,19H,7,11,13-14H2,1-3H3,(H,25,30)(H,27,29). The van der Waals surface area contributed by atoms with Gasteiger partial charge in [0.05, 0.1) is 28.8 Å². The van der Waals surface area contributed by atoms with Crippen molar-refractivity contribution in [2.75, 3.05) is 18.4 Å². The molecule has 162 valence electrons. The van der Waals surface area contributed by atoms with E-state index in [4.69, 9.17) is 4.98 Å². The van der Waals surface area contributed by atoms with E-state index in [1.54, 1.807) is 11.3 Å². The van der Waals surface area contributed by atoms with Crippen molar-refractivity contribution < 1.29 is 9.59 Å². The molecule has 2 N–H and O–H groups in total. The highest BCUT2D eigenvalue weighted by molar-refractivity contribution is 7.18. The Hall–Kier alpha value is -2.77. The topological polar surface area (TPSA) is 74.3 Å². The lowest BCUT2D eigenvalue weighted by atomic mass is 10.1. The van der Waals surface area contributed by atoms with Crippen LogP contribution in [0.15, 0.2) is 42.5 Å². The number of amides is 2. The Morgan fingerprint density at radius 3 is 2.65 bits per heavy atom. The first kappa shape index (κ1) is 21.5. The van der Waals surface area contributed by atoms with Gasteiger partial charge in [-0.1, -0.05) is 30.3 Å². The van der Waals surface area contributed by atoms with Crippen molar-refractivity contribution in [2.24, 2.45) is 0 Å². The molecular weight excluding hydrogens is 408 g/mol. The number of benzene rings is 2. The van der Waals surface area contributed by atoms with Crippen LogP contribution in [0.5, 0.6) is 0 Å². The van der Waals surface area contributed by atoms with Crippen molar-refractivity contribution in [3.05, 3.63) is 58.6 Å². The third kappa shape index (κ3) is 4.62. The van der Waals surface area contributed by atoms with Gasteiger partial charge in [-0.25, -0.2) is 4.98 Å². The number of para-hydroxylation sites is 2. The number of aryl methyl sites for hydroxylation is 2. The third-order valence-electron chi connectivity index (χ3n) is 5.94. The smallest absolute Gasteiger partial charge is 0.243 e. The number of carbonyl (C=O) groups is 2. The Morgan fingerprint density at radius 2 is 1.90 bits per heavy atom. The summed E-state index contributed by atoms with van der Waals surface area (Å²) in [6.07, 6.45) is 2.02. The van der Waals surface area contributed by atoms with Gasteiger partial charge in [0, 0.05) is 5.69 Å². The van der Waals surface area contributed by atoms with Crippen LogP contribution >= 0.6 is 11.3 Å². The summed E-state index contributed by atoms with van der Waals surface area (Å²) < 4.78 is 1.17. The molecular formula is C24H28N4O2S. The molecule has 1 aliphatic heterocycles. The van der Waals surface area contributed by atoms with Gasteiger partial charge in [0.2, 0.25) is 11.8 Å². The second-order valence-electron chi connectivity index (χ2n) is 8.12. The molecule has 31 heavy (non-hydrogen) atoms. The number of hydrogen-bond donors (Lipinski definition) is 2. The number of nitrogens with zero attached hydrogens (tertiary/aromatic N) is 2. The number of rotatable bonds is 6. The highest BCUT2D eigenvalue weighted by Crippen LogP contribution is 2.37. The number of anilines is 1. The molecule has 2 heterocycles. The van der Waals surface area contributed by atoms with Crippen LogP contribution in [-0.4, -0.2) is 40.8 Å². The number of aromatic nitrogens is 1. The van der Waals surface area contributed by atoms with Crippen molar-refractivity contribution in [1.82, 2.24) is 15.2 Å². The van der Waals surface area contributed by atoms with Gasteiger partial charge in [0.15, 0.2) is 0 Å². The second-order valence-corrected chi connectivity index (χ2v) is 9.19. The maximum Gasteiger partial charge on any atom is 0.243 e. The summed E-state index contributed by atoms with van der Waals surface area (Å²) in [6.45, 7) is 6.63. The minimum atomic E-state index is -0.326. The van der Waals surface area contributed by atoms with E-state index in [2.05, 4.69) is 21.6 Å². The van der Waals surface area contributed by atoms with Gasteiger partial charge in [-0.3, -0.25) is 14.5 Å². The van der Waals surface area contributed by atoms with E-state index in [0.717, 1.165) is 46.7 Å². The van der Waals surface area contributed by atoms with Gasteiger partial charge < -0.3 is 10.6 Å². The molecule has 2 aromatic carbocycles. The Bertz CT molecular complexity index is 1060. The van der Waals surface area contributed by atoms with Gasteiger partial charge >= 0.3 is 0 Å². The van der Waals surface area contributed by atoms with Crippen molar-refractivity contribution in [1.29, 1.82) is 0 Å². The van der Waals surface area contributed by atoms with Crippen molar-refractivity contribution in [3.63, 3.8) is 0 Å². The van der Waals surface area contributed by atoms with Gasteiger partial charge in [-0.05, 0) is 63.4 Å². The molecule has 3 aromatic rings. The van der Waals surface area contributed by atoms with Crippen LogP contribution in [0, 0.1) is 13.8 Å². The van der Waals surface area contributed by atoms with Crippen molar-refractivity contribution in [2.45, 2.75) is 45.7 Å². The molecule has 6 nitrogen and oxygen atoms in total. The summed E-state index contributed by atoms with van der Waals surface area (Å²) >= 11 is 1.70. The van der Waals surface area contributed by atoms with Crippen molar-refractivity contribution >= 4 is 39.1 Å². The minimum Gasteiger partial charge on any atom is -0.346 e. The van der Waals surface area contributed by atoms with E-state index >= 15 is 0 Å². The van der Waals surface area contributed by atoms with Crippen LogP contribution in [0.4, 0.5) is 5.69 Å². The van der Waals surface area contributed by atoms with E-state index in [9.17, 15) is 9.59 Å². The lowest BCUT2D eigenvalue weighted by Gasteiger charge is -2.28. The van der Waals surface area contributed by atoms with E-state index in [0.29, 0.717) is 0 Å². The Kier molecular flexibility index (Phi) is 6.34. The first-order valence-electron chi connectivity index (χ1n) is 10.7. The van der Waals surface area contributed by atoms with Crippen LogP contribution < -0.4 is 10.6 Å². The lowest BCUT2D eigenvalue weighted by molar-refractivity contribution is -0.128. The SMILES string of the molecule is Cc1cccc(C)c1NC(=O)CNC(=O)C(C)N1CCCC1c1nc2ccccc2s1. The zero-order valence-corrected chi connectivity index (χ0v) is 19.0. The molecule has 7 heteroatoms. The summed E-state index contributed by atoms with van der Waals surface area (Å²) in [5, 5.41) is 6.78. The summed E-state index contributed by atoms with van der Waals surface area (Å²) in [7, 11) is 0. The molecule has 0 aliphatic carbocycles. The van der Waals surface area contributed by atoms with Gasteiger partial charge in [0.25, 0.3) is 0 Å². The first-order valence-corrected chi connectivity index (χ1v) is 11.5. The molecule has 0 spiro atoms. The average molecular weight is 437 g/mol. The number of carbonyl (C=O) groups excluding carboxylic acids is 2. The van der Waals surface area contributed by atoms with Crippen LogP contribution in [0.3, 0.4) is 0 Å². The Morgan fingerprint density at radius 1 is 1.16 bits per heavy atom. The molecule has 1 saturated heterocycles. The maximum absolute atomic E-state index is 12.8. The summed E-state index contributed by atoms with van der Waals surface area (Å²) in [6, 6.07) is 13.8. The fourth-order valence-electron chi connectivity index (χ4n) is 4.21. The summed E-state index contributed by atoms with van der Waals surface area (Å²) in [4.78, 5) is 32.2. The summed E-state index contributed by atoms with van der Waals surface area (Å²) in [5.41, 5.74) is 3.83. The van der Waals surface area contributed by atoms with E-state index in [1.165, 1.54) is 4.70 Å². The highest BCUT2D eigenvalue weighted by Gasteiger charge is 2.34. The maximum atomic E-state index is 12.8. The molecule has 0 radical (unpaired) electrons. The molecule has 4 rings (SSSR count). The Balaban J connectivity index is 1.37. The predicted molar refractivity (Wildman–Crippen MR) is 125 cm³/mol. The van der Waals surface area contributed by atoms with Gasteiger partial charge in [0.1, 0.15) is 5.01 Å². The van der Waals surface area contributed by atoms with Crippen LogP contribution in [0.2, 0.25) is 0 Å². The number of fused-ring (bicyclic) bond motifs is 1. The van der Waals surface area contributed by atoms with Crippen LogP contribution in [0.25, 0.3) is 10.2 Å². The van der Waals surface area contributed by atoms with E-state index in [1.807, 2.05) is 57.2 Å². The number of hydrogen-bond acceptors (Lipinski definition) is 5. The molecule has 0 bridgehead atoms. The normalized spacial score (nSPS) is 17.6. The molecule has 1 fully saturated rings. The average Bonchev–Trinajstić information content (AvgIpc) is 3.40. The largest absolute Gasteiger partial charge is 0.346 e. The fourth-order valence-corrected chi connectivity index (χ4v) is 5.33. The third-order valence-corrected chi connectivity index (χ3v) is 7.07. The quantitative estimate of drug-likeness (QED) is 0.608. The Labute approximate surface area is 186 Å². The van der Waals surface area contributed by atoms with E-state index < -0.39 is 0 Å². The monoisotopic (exact) mass is 436 g/mol. The number of likely N-dealkylation sites (tertiary alicyclic amines) is 1. The first-order chi connectivity index (χ1) is 14.9. The molecule has 1 aliphatic rings.